The fraction of sp³-hybridized carbons (Fsp3) is 0.818. The van der Waals surface area contributed by atoms with Gasteiger partial charge in [0.15, 0.2) is 0 Å². The van der Waals surface area contributed by atoms with Crippen LogP contribution in [0.4, 0.5) is 0 Å². The van der Waals surface area contributed by atoms with Gasteiger partial charge in [0, 0.05) is 25.7 Å². The van der Waals surface area contributed by atoms with E-state index in [1.54, 1.807) is 0 Å². The number of hydrogen-bond acceptors (Lipinski definition) is 2. The van der Waals surface area contributed by atoms with Gasteiger partial charge in [0.1, 0.15) is 11.6 Å². The van der Waals surface area contributed by atoms with E-state index in [0.29, 0.717) is 35.2 Å². The van der Waals surface area contributed by atoms with Crippen LogP contribution in [-0.2, 0) is 9.59 Å². The predicted octanol–water partition coefficient (Wildman–Crippen LogP) is 1.58. The molecule has 0 heterocycles. The molecule has 3 saturated carbocycles. The van der Waals surface area contributed by atoms with Crippen LogP contribution in [0.1, 0.15) is 32.1 Å². The van der Waals surface area contributed by atoms with E-state index in [0.717, 1.165) is 32.1 Å². The molecule has 70 valence electrons. The Morgan fingerprint density at radius 1 is 0.769 bits per heavy atom. The largest absolute Gasteiger partial charge is 0.300 e. The summed E-state index contributed by atoms with van der Waals surface area (Å²) in [6.07, 6.45) is 4.34. The SMILES string of the molecule is O=C1CC2CC3CC(=O)CC3C2C1. The van der Waals surface area contributed by atoms with Crippen molar-refractivity contribution in [3.63, 3.8) is 0 Å². The summed E-state index contributed by atoms with van der Waals surface area (Å²) in [6.45, 7) is 0. The van der Waals surface area contributed by atoms with Crippen molar-refractivity contribution >= 4 is 11.6 Å². The van der Waals surface area contributed by atoms with Crippen LogP contribution >= 0.6 is 0 Å². The Kier molecular flexibility index (Phi) is 1.44. The molecule has 3 fully saturated rings. The van der Waals surface area contributed by atoms with Crippen LogP contribution in [0.3, 0.4) is 0 Å². The molecule has 0 amide bonds. The Labute approximate surface area is 77.7 Å². The fourth-order valence-corrected chi connectivity index (χ4v) is 3.82. The van der Waals surface area contributed by atoms with Crippen LogP contribution < -0.4 is 0 Å². The summed E-state index contributed by atoms with van der Waals surface area (Å²) in [5.41, 5.74) is 0. The van der Waals surface area contributed by atoms with E-state index in [9.17, 15) is 9.59 Å². The first kappa shape index (κ1) is 7.72. The molecule has 0 aromatic heterocycles. The van der Waals surface area contributed by atoms with Crippen molar-refractivity contribution in [1.82, 2.24) is 0 Å². The first-order chi connectivity index (χ1) is 6.24. The smallest absolute Gasteiger partial charge is 0.133 e. The molecule has 0 N–H and O–H groups in total. The maximum absolute atomic E-state index is 11.2. The van der Waals surface area contributed by atoms with E-state index in [2.05, 4.69) is 0 Å². The second-order valence-electron chi connectivity index (χ2n) is 4.98. The van der Waals surface area contributed by atoms with Crippen molar-refractivity contribution in [2.45, 2.75) is 32.1 Å². The molecule has 3 aliphatic rings. The zero-order valence-electron chi connectivity index (χ0n) is 7.66. The van der Waals surface area contributed by atoms with Crippen LogP contribution in [0.15, 0.2) is 0 Å². The molecule has 0 aliphatic heterocycles. The standard InChI is InChI=1S/C11H14O2/c12-8-2-6-1-7-3-9(13)5-11(7)10(6)4-8/h6-7,10-11H,1-5H2. The minimum absolute atomic E-state index is 0.438. The third-order valence-electron chi connectivity index (χ3n) is 4.27. The van der Waals surface area contributed by atoms with Crippen molar-refractivity contribution in [3.05, 3.63) is 0 Å². The van der Waals surface area contributed by atoms with Gasteiger partial charge in [-0.2, -0.15) is 0 Å². The van der Waals surface area contributed by atoms with Gasteiger partial charge >= 0.3 is 0 Å². The van der Waals surface area contributed by atoms with Gasteiger partial charge in [0.2, 0.25) is 0 Å². The average Bonchev–Trinajstić information content (AvgIpc) is 2.60. The second-order valence-corrected chi connectivity index (χ2v) is 4.98. The molecule has 0 aromatic carbocycles. The van der Waals surface area contributed by atoms with Crippen LogP contribution in [0.5, 0.6) is 0 Å². The summed E-state index contributed by atoms with van der Waals surface area (Å²) in [5, 5.41) is 0. The molecule has 0 bridgehead atoms. The molecular formula is C11H14O2. The molecule has 2 nitrogen and oxygen atoms in total. The van der Waals surface area contributed by atoms with Gasteiger partial charge in [0.25, 0.3) is 0 Å². The van der Waals surface area contributed by atoms with Gasteiger partial charge in [-0.25, -0.2) is 0 Å². The third kappa shape index (κ3) is 1.01. The van der Waals surface area contributed by atoms with Gasteiger partial charge in [-0.15, -0.1) is 0 Å². The lowest BCUT2D eigenvalue weighted by atomic mass is 9.90. The van der Waals surface area contributed by atoms with Crippen molar-refractivity contribution in [2.75, 3.05) is 0 Å². The normalized spacial score (nSPS) is 48.3. The first-order valence-electron chi connectivity index (χ1n) is 5.27. The molecule has 4 unspecified atom stereocenters. The second kappa shape index (κ2) is 2.43. The molecule has 0 aromatic rings. The van der Waals surface area contributed by atoms with Gasteiger partial charge < -0.3 is 0 Å². The highest BCUT2D eigenvalue weighted by molar-refractivity contribution is 5.84. The molecule has 0 radical (unpaired) electrons. The summed E-state index contributed by atoms with van der Waals surface area (Å²) < 4.78 is 0. The van der Waals surface area contributed by atoms with E-state index in [-0.39, 0.29) is 0 Å². The Hall–Kier alpha value is -0.660. The predicted molar refractivity (Wildman–Crippen MR) is 47.1 cm³/mol. The monoisotopic (exact) mass is 178 g/mol. The maximum atomic E-state index is 11.2. The topological polar surface area (TPSA) is 34.1 Å². The fourth-order valence-electron chi connectivity index (χ4n) is 3.82. The Bertz CT molecular complexity index is 254. The lowest BCUT2D eigenvalue weighted by Gasteiger charge is -2.14. The summed E-state index contributed by atoms with van der Waals surface area (Å²) in [6, 6.07) is 0. The minimum atomic E-state index is 0.438. The number of carbonyl (C=O) groups is 2. The minimum Gasteiger partial charge on any atom is -0.300 e. The van der Waals surface area contributed by atoms with E-state index in [1.165, 1.54) is 0 Å². The van der Waals surface area contributed by atoms with Gasteiger partial charge in [-0.1, -0.05) is 0 Å². The Morgan fingerprint density at radius 3 is 1.69 bits per heavy atom. The lowest BCUT2D eigenvalue weighted by molar-refractivity contribution is -0.119. The number of fused-ring (bicyclic) bond motifs is 3. The zero-order chi connectivity index (χ0) is 9.00. The van der Waals surface area contributed by atoms with Gasteiger partial charge in [0.05, 0.1) is 0 Å². The summed E-state index contributed by atoms with van der Waals surface area (Å²) >= 11 is 0. The van der Waals surface area contributed by atoms with Crippen LogP contribution in [0.2, 0.25) is 0 Å². The highest BCUT2D eigenvalue weighted by Gasteiger charge is 2.51. The highest BCUT2D eigenvalue weighted by atomic mass is 16.1. The van der Waals surface area contributed by atoms with Crippen LogP contribution in [0.25, 0.3) is 0 Å². The highest BCUT2D eigenvalue weighted by Crippen LogP contribution is 2.54. The van der Waals surface area contributed by atoms with Gasteiger partial charge in [-0.05, 0) is 30.1 Å². The molecule has 4 atom stereocenters. The number of rotatable bonds is 0. The quantitative estimate of drug-likeness (QED) is 0.564. The number of carbonyl (C=O) groups excluding carboxylic acids is 2. The van der Waals surface area contributed by atoms with E-state index in [1.807, 2.05) is 0 Å². The average molecular weight is 178 g/mol. The number of ketones is 2. The number of hydrogen-bond donors (Lipinski definition) is 0. The molecule has 3 aliphatic carbocycles. The van der Waals surface area contributed by atoms with Crippen molar-refractivity contribution in [1.29, 1.82) is 0 Å². The first-order valence-corrected chi connectivity index (χ1v) is 5.27. The van der Waals surface area contributed by atoms with E-state index < -0.39 is 0 Å². The number of Topliss-reactive ketones (excluding diaryl/α,β-unsaturated/α-hetero) is 2. The molecule has 3 rings (SSSR count). The Balaban J connectivity index is 1.84. The maximum Gasteiger partial charge on any atom is 0.133 e. The molecule has 0 spiro atoms. The zero-order valence-corrected chi connectivity index (χ0v) is 7.66. The lowest BCUT2D eigenvalue weighted by Crippen LogP contribution is -2.10. The summed E-state index contributed by atoms with van der Waals surface area (Å²) in [4.78, 5) is 22.5. The summed E-state index contributed by atoms with van der Waals surface area (Å²) in [7, 11) is 0. The van der Waals surface area contributed by atoms with E-state index >= 15 is 0 Å². The van der Waals surface area contributed by atoms with Crippen molar-refractivity contribution < 1.29 is 9.59 Å². The third-order valence-corrected chi connectivity index (χ3v) is 4.27. The molecule has 13 heavy (non-hydrogen) atoms. The van der Waals surface area contributed by atoms with Crippen molar-refractivity contribution in [2.24, 2.45) is 23.7 Å². The molecular weight excluding hydrogens is 164 g/mol. The Morgan fingerprint density at radius 2 is 1.23 bits per heavy atom. The van der Waals surface area contributed by atoms with Crippen LogP contribution in [-0.4, -0.2) is 11.6 Å². The molecule has 2 heteroatoms. The van der Waals surface area contributed by atoms with E-state index in [4.69, 9.17) is 0 Å². The van der Waals surface area contributed by atoms with Crippen LogP contribution in [0, 0.1) is 23.7 Å². The van der Waals surface area contributed by atoms with Crippen molar-refractivity contribution in [3.8, 4) is 0 Å². The summed E-state index contributed by atoms with van der Waals surface area (Å²) in [5.74, 6) is 3.35. The molecule has 0 saturated heterocycles. The van der Waals surface area contributed by atoms with Gasteiger partial charge in [-0.3, -0.25) is 9.59 Å².